The van der Waals surface area contributed by atoms with Crippen LogP contribution >= 0.6 is 0 Å². The molecule has 1 rings (SSSR count). The van der Waals surface area contributed by atoms with E-state index < -0.39 is 0 Å². The van der Waals surface area contributed by atoms with E-state index in [1.807, 2.05) is 0 Å². The molecule has 3 heteroatoms. The first-order valence-electron chi connectivity index (χ1n) is 2.88. The van der Waals surface area contributed by atoms with Crippen LogP contribution in [-0.4, -0.2) is 12.0 Å². The first-order chi connectivity index (χ1) is 4.86. The van der Waals surface area contributed by atoms with Crippen molar-refractivity contribution in [3.8, 4) is 0 Å². The number of hydrogen-bond acceptors (Lipinski definition) is 2. The minimum atomic E-state index is 0.569. The Bertz CT molecular complexity index is 245. The topological polar surface area (TPSA) is 29.3 Å². The van der Waals surface area contributed by atoms with Gasteiger partial charge in [-0.25, -0.2) is 4.85 Å². The number of pyridine rings is 1. The smallest absolute Gasteiger partial charge is 0.205 e. The molecule has 0 unspecified atom stereocenters. The van der Waals surface area contributed by atoms with Crippen LogP contribution in [0.1, 0.15) is 0 Å². The Hall–Kier alpha value is -1.56. The fourth-order valence-corrected chi connectivity index (χ4v) is 0.600. The number of hydrogen-bond donors (Lipinski definition) is 1. The fraction of sp³-hybridized carbons (Fsp3) is 0.143. The highest BCUT2D eigenvalue weighted by Crippen LogP contribution is 2.11. The summed E-state index contributed by atoms with van der Waals surface area (Å²) in [7, 11) is 1.79. The maximum atomic E-state index is 6.64. The van der Waals surface area contributed by atoms with Crippen molar-refractivity contribution in [1.29, 1.82) is 0 Å². The average molecular weight is 133 g/mol. The Kier molecular flexibility index (Phi) is 1.86. The Labute approximate surface area is 59.5 Å². The predicted octanol–water partition coefficient (Wildman–Crippen LogP) is 1.67. The lowest BCUT2D eigenvalue weighted by molar-refractivity contribution is 1.29. The molecule has 0 aliphatic carbocycles. The van der Waals surface area contributed by atoms with Crippen molar-refractivity contribution in [1.82, 2.24) is 4.98 Å². The number of nitrogens with one attached hydrogen (secondary N) is 1. The molecule has 0 fully saturated rings. The first kappa shape index (κ1) is 6.56. The van der Waals surface area contributed by atoms with E-state index >= 15 is 0 Å². The molecule has 1 aromatic rings. The zero-order valence-electron chi connectivity index (χ0n) is 5.63. The summed E-state index contributed by atoms with van der Waals surface area (Å²) >= 11 is 0. The van der Waals surface area contributed by atoms with Gasteiger partial charge in [-0.1, -0.05) is 6.07 Å². The van der Waals surface area contributed by atoms with Gasteiger partial charge in [-0.2, -0.15) is 0 Å². The van der Waals surface area contributed by atoms with Crippen molar-refractivity contribution in [3.05, 3.63) is 29.7 Å². The molecule has 0 atom stereocenters. The molecule has 1 N–H and O–H groups in total. The van der Waals surface area contributed by atoms with Gasteiger partial charge in [0, 0.05) is 13.2 Å². The lowest BCUT2D eigenvalue weighted by Gasteiger charge is -1.95. The van der Waals surface area contributed by atoms with E-state index in [0.29, 0.717) is 5.69 Å². The molecular formula is C7H7N3. The summed E-state index contributed by atoms with van der Waals surface area (Å²) in [5, 5.41) is 2.86. The summed E-state index contributed by atoms with van der Waals surface area (Å²) in [5.41, 5.74) is 0.569. The standard InChI is InChI=1S/C7H7N3/c1-8-6-3-4-7(9-2)10-5-6/h3-5H,2H3,(H,9,10). The largest absolute Gasteiger partial charge is 0.373 e. The van der Waals surface area contributed by atoms with Crippen LogP contribution in [0.15, 0.2) is 18.3 Å². The van der Waals surface area contributed by atoms with Gasteiger partial charge in [0.05, 0.1) is 6.57 Å². The molecule has 0 aliphatic heterocycles. The minimum absolute atomic E-state index is 0.569. The maximum Gasteiger partial charge on any atom is 0.205 e. The highest BCUT2D eigenvalue weighted by molar-refractivity contribution is 5.47. The molecule has 1 heterocycles. The molecule has 0 aromatic carbocycles. The molecule has 0 bridgehead atoms. The second-order valence-electron chi connectivity index (χ2n) is 1.76. The monoisotopic (exact) mass is 133 g/mol. The highest BCUT2D eigenvalue weighted by Gasteiger charge is 1.89. The lowest BCUT2D eigenvalue weighted by atomic mass is 10.4. The van der Waals surface area contributed by atoms with Crippen LogP contribution in [0.5, 0.6) is 0 Å². The van der Waals surface area contributed by atoms with Crippen LogP contribution in [0, 0.1) is 6.57 Å². The van der Waals surface area contributed by atoms with Crippen molar-refractivity contribution in [2.24, 2.45) is 0 Å². The average Bonchev–Trinajstić information content (AvgIpc) is 2.05. The second kappa shape index (κ2) is 2.83. The third-order valence-electron chi connectivity index (χ3n) is 1.13. The van der Waals surface area contributed by atoms with Crippen molar-refractivity contribution < 1.29 is 0 Å². The van der Waals surface area contributed by atoms with E-state index in [1.165, 1.54) is 0 Å². The molecule has 0 aliphatic rings. The van der Waals surface area contributed by atoms with Gasteiger partial charge in [-0.15, -0.1) is 0 Å². The number of nitrogens with zero attached hydrogens (tertiary/aromatic N) is 2. The summed E-state index contributed by atoms with van der Waals surface area (Å²) in [5.74, 6) is 0.785. The van der Waals surface area contributed by atoms with Gasteiger partial charge in [0.2, 0.25) is 5.69 Å². The van der Waals surface area contributed by atoms with Crippen LogP contribution in [0.4, 0.5) is 11.5 Å². The molecule has 1 aromatic heterocycles. The molecule has 3 nitrogen and oxygen atoms in total. The zero-order chi connectivity index (χ0) is 7.40. The SMILES string of the molecule is [C-]#[N+]c1ccc(NC)nc1. The normalized spacial score (nSPS) is 8.40. The molecule has 10 heavy (non-hydrogen) atoms. The van der Waals surface area contributed by atoms with Crippen LogP contribution in [0.3, 0.4) is 0 Å². The number of aromatic nitrogens is 1. The molecule has 0 radical (unpaired) electrons. The predicted molar refractivity (Wildman–Crippen MR) is 40.0 cm³/mol. The molecule has 50 valence electrons. The molecule has 0 saturated carbocycles. The van der Waals surface area contributed by atoms with Crippen LogP contribution < -0.4 is 5.32 Å². The third-order valence-corrected chi connectivity index (χ3v) is 1.13. The van der Waals surface area contributed by atoms with Gasteiger partial charge in [0.15, 0.2) is 0 Å². The van der Waals surface area contributed by atoms with Gasteiger partial charge in [0.1, 0.15) is 5.82 Å². The van der Waals surface area contributed by atoms with Crippen molar-refractivity contribution in [2.75, 3.05) is 12.4 Å². The van der Waals surface area contributed by atoms with E-state index in [4.69, 9.17) is 6.57 Å². The van der Waals surface area contributed by atoms with Crippen LogP contribution in [-0.2, 0) is 0 Å². The molecule has 0 amide bonds. The summed E-state index contributed by atoms with van der Waals surface area (Å²) in [6.45, 7) is 6.64. The van der Waals surface area contributed by atoms with Gasteiger partial charge in [0.25, 0.3) is 0 Å². The summed E-state index contributed by atoms with van der Waals surface area (Å²) < 4.78 is 0. The van der Waals surface area contributed by atoms with E-state index in [1.54, 1.807) is 25.4 Å². The number of rotatable bonds is 1. The van der Waals surface area contributed by atoms with E-state index in [9.17, 15) is 0 Å². The molecule has 0 spiro atoms. The van der Waals surface area contributed by atoms with Crippen molar-refractivity contribution in [3.63, 3.8) is 0 Å². The maximum absolute atomic E-state index is 6.64. The summed E-state index contributed by atoms with van der Waals surface area (Å²) in [6, 6.07) is 3.50. The van der Waals surface area contributed by atoms with Gasteiger partial charge >= 0.3 is 0 Å². The molecular weight excluding hydrogens is 126 g/mol. The lowest BCUT2D eigenvalue weighted by Crippen LogP contribution is -1.89. The van der Waals surface area contributed by atoms with E-state index in [0.717, 1.165) is 5.82 Å². The van der Waals surface area contributed by atoms with Crippen molar-refractivity contribution in [2.45, 2.75) is 0 Å². The quantitative estimate of drug-likeness (QED) is 0.590. The van der Waals surface area contributed by atoms with Crippen LogP contribution in [0.25, 0.3) is 4.85 Å². The van der Waals surface area contributed by atoms with E-state index in [2.05, 4.69) is 15.1 Å². The second-order valence-corrected chi connectivity index (χ2v) is 1.76. The minimum Gasteiger partial charge on any atom is -0.373 e. The summed E-state index contributed by atoms with van der Waals surface area (Å²) in [6.07, 6.45) is 1.54. The first-order valence-corrected chi connectivity index (χ1v) is 2.88. The Balaban J connectivity index is 2.93. The van der Waals surface area contributed by atoms with Crippen LogP contribution in [0.2, 0.25) is 0 Å². The van der Waals surface area contributed by atoms with Gasteiger partial charge < -0.3 is 5.32 Å². The van der Waals surface area contributed by atoms with Gasteiger partial charge in [-0.3, -0.25) is 4.98 Å². The van der Waals surface area contributed by atoms with E-state index in [-0.39, 0.29) is 0 Å². The van der Waals surface area contributed by atoms with Gasteiger partial charge in [-0.05, 0) is 6.07 Å². The van der Waals surface area contributed by atoms with Crippen molar-refractivity contribution >= 4 is 11.5 Å². The Morgan fingerprint density at radius 3 is 2.80 bits per heavy atom. The highest BCUT2D eigenvalue weighted by atomic mass is 15.0. The summed E-state index contributed by atoms with van der Waals surface area (Å²) in [4.78, 5) is 7.15. The Morgan fingerprint density at radius 1 is 1.60 bits per heavy atom. The third kappa shape index (κ3) is 1.23. The zero-order valence-corrected chi connectivity index (χ0v) is 5.63. The number of anilines is 1. The fourth-order valence-electron chi connectivity index (χ4n) is 0.600. The Morgan fingerprint density at radius 2 is 2.40 bits per heavy atom. The molecule has 0 saturated heterocycles.